The first-order valence-electron chi connectivity index (χ1n) is 7.91. The van der Waals surface area contributed by atoms with Gasteiger partial charge in [-0.05, 0) is 66.0 Å². The highest BCUT2D eigenvalue weighted by atomic mass is 16.5. The molecule has 124 valence electrons. The van der Waals surface area contributed by atoms with E-state index in [1.807, 2.05) is 71.9 Å². The number of ketones is 1. The summed E-state index contributed by atoms with van der Waals surface area (Å²) in [6, 6.07) is 9.56. The molecule has 0 saturated heterocycles. The Morgan fingerprint density at radius 1 is 0.870 bits per heavy atom. The third-order valence-electron chi connectivity index (χ3n) is 3.14. The minimum Gasteiger partial charge on any atom is -0.488 e. The SMILES string of the molecule is CC(=O)c1ccc2cc(OC(C)(C)C)cc(OC(C)(C)C)c2c1. The minimum atomic E-state index is -0.334. The van der Waals surface area contributed by atoms with Gasteiger partial charge >= 0.3 is 0 Å². The van der Waals surface area contributed by atoms with Gasteiger partial charge < -0.3 is 9.47 Å². The second-order valence-corrected chi connectivity index (χ2v) is 7.84. The smallest absolute Gasteiger partial charge is 0.159 e. The zero-order valence-electron chi connectivity index (χ0n) is 15.1. The van der Waals surface area contributed by atoms with E-state index in [-0.39, 0.29) is 17.0 Å². The van der Waals surface area contributed by atoms with Crippen molar-refractivity contribution in [1.29, 1.82) is 0 Å². The number of hydrogen-bond donors (Lipinski definition) is 0. The largest absolute Gasteiger partial charge is 0.488 e. The van der Waals surface area contributed by atoms with Crippen LogP contribution in [0.15, 0.2) is 30.3 Å². The molecule has 0 aliphatic carbocycles. The molecule has 2 rings (SSSR count). The van der Waals surface area contributed by atoms with Gasteiger partial charge in [-0.1, -0.05) is 12.1 Å². The molecule has 0 saturated carbocycles. The van der Waals surface area contributed by atoms with Crippen molar-refractivity contribution in [3.05, 3.63) is 35.9 Å². The highest BCUT2D eigenvalue weighted by Gasteiger charge is 2.18. The van der Waals surface area contributed by atoms with Crippen molar-refractivity contribution >= 4 is 16.6 Å². The third kappa shape index (κ3) is 4.72. The maximum Gasteiger partial charge on any atom is 0.159 e. The molecule has 0 aliphatic heterocycles. The first-order valence-corrected chi connectivity index (χ1v) is 7.91. The second kappa shape index (κ2) is 5.88. The van der Waals surface area contributed by atoms with Gasteiger partial charge in [0.15, 0.2) is 5.78 Å². The monoisotopic (exact) mass is 314 g/mol. The molecule has 0 aromatic heterocycles. The zero-order valence-corrected chi connectivity index (χ0v) is 15.1. The van der Waals surface area contributed by atoms with Gasteiger partial charge in [-0.25, -0.2) is 0 Å². The van der Waals surface area contributed by atoms with E-state index in [2.05, 4.69) is 0 Å². The maximum absolute atomic E-state index is 11.7. The lowest BCUT2D eigenvalue weighted by atomic mass is 10.0. The van der Waals surface area contributed by atoms with Gasteiger partial charge in [0.2, 0.25) is 0 Å². The molecule has 0 N–H and O–H groups in total. The van der Waals surface area contributed by atoms with Crippen LogP contribution in [0, 0.1) is 0 Å². The van der Waals surface area contributed by atoms with E-state index in [9.17, 15) is 4.79 Å². The van der Waals surface area contributed by atoms with Crippen LogP contribution in [0.2, 0.25) is 0 Å². The molecule has 0 spiro atoms. The lowest BCUT2D eigenvalue weighted by molar-refractivity contribution is 0.101. The first kappa shape index (κ1) is 17.3. The van der Waals surface area contributed by atoms with Gasteiger partial charge in [-0.15, -0.1) is 0 Å². The van der Waals surface area contributed by atoms with Crippen LogP contribution in [0.5, 0.6) is 11.5 Å². The number of Topliss-reactive ketones (excluding diaryl/α,β-unsaturated/α-hetero) is 1. The Morgan fingerprint density at radius 2 is 1.48 bits per heavy atom. The van der Waals surface area contributed by atoms with E-state index in [0.29, 0.717) is 5.56 Å². The Bertz CT molecular complexity index is 731. The van der Waals surface area contributed by atoms with Crippen molar-refractivity contribution in [3.63, 3.8) is 0 Å². The van der Waals surface area contributed by atoms with Crippen LogP contribution in [0.4, 0.5) is 0 Å². The van der Waals surface area contributed by atoms with Crippen LogP contribution in [0.3, 0.4) is 0 Å². The van der Waals surface area contributed by atoms with Crippen LogP contribution in [0.25, 0.3) is 10.8 Å². The molecule has 0 heterocycles. The number of fused-ring (bicyclic) bond motifs is 1. The van der Waals surface area contributed by atoms with Crippen molar-refractivity contribution < 1.29 is 14.3 Å². The van der Waals surface area contributed by atoms with Crippen molar-refractivity contribution in [3.8, 4) is 11.5 Å². The van der Waals surface area contributed by atoms with E-state index in [0.717, 1.165) is 22.3 Å². The summed E-state index contributed by atoms with van der Waals surface area (Å²) in [6.07, 6.45) is 0. The lowest BCUT2D eigenvalue weighted by Crippen LogP contribution is -2.24. The first-order chi connectivity index (χ1) is 10.4. The van der Waals surface area contributed by atoms with Gasteiger partial charge in [0.25, 0.3) is 0 Å². The van der Waals surface area contributed by atoms with E-state index in [1.165, 1.54) is 0 Å². The maximum atomic E-state index is 11.7. The average molecular weight is 314 g/mol. The molecule has 0 bridgehead atoms. The Balaban J connectivity index is 2.63. The quantitative estimate of drug-likeness (QED) is 0.712. The third-order valence-corrected chi connectivity index (χ3v) is 3.14. The van der Waals surface area contributed by atoms with E-state index >= 15 is 0 Å². The number of hydrogen-bond acceptors (Lipinski definition) is 3. The van der Waals surface area contributed by atoms with Crippen LogP contribution in [-0.2, 0) is 0 Å². The molecule has 0 aliphatic rings. The molecule has 0 amide bonds. The number of ether oxygens (including phenoxy) is 2. The fourth-order valence-corrected chi connectivity index (χ4v) is 2.34. The zero-order chi connectivity index (χ0) is 17.4. The Hall–Kier alpha value is -2.03. The number of rotatable bonds is 3. The van der Waals surface area contributed by atoms with Gasteiger partial charge in [0.1, 0.15) is 22.7 Å². The second-order valence-electron chi connectivity index (χ2n) is 7.84. The summed E-state index contributed by atoms with van der Waals surface area (Å²) in [7, 11) is 0. The molecule has 3 nitrogen and oxygen atoms in total. The lowest BCUT2D eigenvalue weighted by Gasteiger charge is -2.25. The van der Waals surface area contributed by atoms with E-state index in [1.54, 1.807) is 6.92 Å². The van der Waals surface area contributed by atoms with Crippen molar-refractivity contribution in [2.75, 3.05) is 0 Å². The molecule has 2 aromatic carbocycles. The fourth-order valence-electron chi connectivity index (χ4n) is 2.34. The molecule has 3 heteroatoms. The Kier molecular flexibility index (Phi) is 4.43. The summed E-state index contributed by atoms with van der Waals surface area (Å²) in [5, 5.41) is 1.92. The standard InChI is InChI=1S/C20H26O3/c1-13(21)14-8-9-15-10-16(22-19(2,3)4)12-18(17(15)11-14)23-20(5,6)7/h8-12H,1-7H3. The van der Waals surface area contributed by atoms with E-state index in [4.69, 9.17) is 9.47 Å². The van der Waals surface area contributed by atoms with Crippen LogP contribution < -0.4 is 9.47 Å². The normalized spacial score (nSPS) is 12.3. The predicted molar refractivity (Wildman–Crippen MR) is 94.7 cm³/mol. The summed E-state index contributed by atoms with van der Waals surface area (Å²) < 4.78 is 12.1. The highest BCUT2D eigenvalue weighted by Crippen LogP contribution is 2.35. The number of carbonyl (C=O) groups is 1. The summed E-state index contributed by atoms with van der Waals surface area (Å²) in [6.45, 7) is 13.6. The highest BCUT2D eigenvalue weighted by molar-refractivity contribution is 6.00. The molecule has 0 fully saturated rings. The van der Waals surface area contributed by atoms with Gasteiger partial charge in [0.05, 0.1) is 0 Å². The average Bonchev–Trinajstić information content (AvgIpc) is 2.34. The molecular weight excluding hydrogens is 288 g/mol. The van der Waals surface area contributed by atoms with Crippen LogP contribution in [-0.4, -0.2) is 17.0 Å². The molecule has 2 aromatic rings. The van der Waals surface area contributed by atoms with Crippen molar-refractivity contribution in [1.82, 2.24) is 0 Å². The molecule has 0 atom stereocenters. The molecular formula is C20H26O3. The molecule has 0 unspecified atom stereocenters. The topological polar surface area (TPSA) is 35.5 Å². The van der Waals surface area contributed by atoms with Gasteiger partial charge in [-0.2, -0.15) is 0 Å². The molecule has 23 heavy (non-hydrogen) atoms. The summed E-state index contributed by atoms with van der Waals surface area (Å²) in [5.74, 6) is 1.54. The predicted octanol–water partition coefficient (Wildman–Crippen LogP) is 5.40. The summed E-state index contributed by atoms with van der Waals surface area (Å²) >= 11 is 0. The summed E-state index contributed by atoms with van der Waals surface area (Å²) in [5.41, 5.74) is 0.0617. The van der Waals surface area contributed by atoms with Crippen molar-refractivity contribution in [2.24, 2.45) is 0 Å². The minimum absolute atomic E-state index is 0.0450. The Labute approximate surface area is 138 Å². The fraction of sp³-hybridized carbons (Fsp3) is 0.450. The van der Waals surface area contributed by atoms with Crippen LogP contribution in [0.1, 0.15) is 58.8 Å². The number of benzene rings is 2. The van der Waals surface area contributed by atoms with Gasteiger partial charge in [0, 0.05) is 17.0 Å². The Morgan fingerprint density at radius 3 is 2.00 bits per heavy atom. The van der Waals surface area contributed by atoms with Gasteiger partial charge in [-0.3, -0.25) is 4.79 Å². The summed E-state index contributed by atoms with van der Waals surface area (Å²) in [4.78, 5) is 11.7. The van der Waals surface area contributed by atoms with Crippen LogP contribution >= 0.6 is 0 Å². The van der Waals surface area contributed by atoms with E-state index < -0.39 is 0 Å². The van der Waals surface area contributed by atoms with Crippen molar-refractivity contribution in [2.45, 2.75) is 59.7 Å². The molecule has 0 radical (unpaired) electrons. The number of carbonyl (C=O) groups excluding carboxylic acids is 1.